The Balaban J connectivity index is 2.39. The SMILES string of the molecule is O=C(NCCC(F)(F)F)NCc1ccccc1OCCO. The van der Waals surface area contributed by atoms with Gasteiger partial charge in [-0.3, -0.25) is 0 Å². The lowest BCUT2D eigenvalue weighted by Crippen LogP contribution is -2.37. The Morgan fingerprint density at radius 3 is 2.62 bits per heavy atom. The van der Waals surface area contributed by atoms with Crippen molar-refractivity contribution in [3.05, 3.63) is 29.8 Å². The van der Waals surface area contributed by atoms with Crippen LogP contribution in [0.1, 0.15) is 12.0 Å². The van der Waals surface area contributed by atoms with Crippen molar-refractivity contribution in [2.24, 2.45) is 0 Å². The van der Waals surface area contributed by atoms with Crippen LogP contribution >= 0.6 is 0 Å². The van der Waals surface area contributed by atoms with Gasteiger partial charge in [-0.15, -0.1) is 0 Å². The van der Waals surface area contributed by atoms with Gasteiger partial charge in [0.05, 0.1) is 13.0 Å². The molecule has 0 aliphatic carbocycles. The number of urea groups is 1. The monoisotopic (exact) mass is 306 g/mol. The number of aliphatic hydroxyl groups excluding tert-OH is 1. The molecule has 0 aliphatic heterocycles. The van der Waals surface area contributed by atoms with E-state index >= 15 is 0 Å². The first-order valence-corrected chi connectivity index (χ1v) is 6.32. The highest BCUT2D eigenvalue weighted by Gasteiger charge is 2.26. The lowest BCUT2D eigenvalue weighted by Gasteiger charge is -2.12. The van der Waals surface area contributed by atoms with Crippen LogP contribution in [0.15, 0.2) is 24.3 Å². The van der Waals surface area contributed by atoms with Crippen LogP contribution in [0.3, 0.4) is 0 Å². The van der Waals surface area contributed by atoms with Crippen LogP contribution in [0.4, 0.5) is 18.0 Å². The average Bonchev–Trinajstić information content (AvgIpc) is 2.42. The third-order valence-electron chi connectivity index (χ3n) is 2.45. The highest BCUT2D eigenvalue weighted by molar-refractivity contribution is 5.73. The standard InChI is InChI=1S/C13H17F3N2O3/c14-13(15,16)5-6-17-12(20)18-9-10-3-1-2-4-11(10)21-8-7-19/h1-4,19H,5-9H2,(H2,17,18,20). The summed E-state index contributed by atoms with van der Waals surface area (Å²) in [6.45, 7) is -0.383. The molecule has 118 valence electrons. The average molecular weight is 306 g/mol. The Labute approximate surface area is 120 Å². The predicted octanol–water partition coefficient (Wildman–Crippen LogP) is 1.81. The van der Waals surface area contributed by atoms with Gasteiger partial charge in [-0.1, -0.05) is 18.2 Å². The van der Waals surface area contributed by atoms with Crippen LogP contribution in [0.5, 0.6) is 5.75 Å². The Morgan fingerprint density at radius 2 is 1.95 bits per heavy atom. The molecule has 0 aromatic heterocycles. The first kappa shape index (κ1) is 17.1. The highest BCUT2D eigenvalue weighted by Crippen LogP contribution is 2.18. The van der Waals surface area contributed by atoms with Crippen LogP contribution in [-0.4, -0.2) is 37.1 Å². The zero-order valence-electron chi connectivity index (χ0n) is 11.2. The van der Waals surface area contributed by atoms with E-state index in [1.54, 1.807) is 24.3 Å². The molecule has 3 N–H and O–H groups in total. The lowest BCUT2D eigenvalue weighted by atomic mass is 10.2. The fourth-order valence-corrected chi connectivity index (χ4v) is 1.50. The minimum Gasteiger partial charge on any atom is -0.491 e. The molecular formula is C13H17F3N2O3. The molecule has 0 spiro atoms. The lowest BCUT2D eigenvalue weighted by molar-refractivity contribution is -0.132. The van der Waals surface area contributed by atoms with Crippen molar-refractivity contribution in [2.75, 3.05) is 19.8 Å². The smallest absolute Gasteiger partial charge is 0.390 e. The van der Waals surface area contributed by atoms with Gasteiger partial charge in [0.1, 0.15) is 12.4 Å². The zero-order chi connectivity index (χ0) is 15.7. The van der Waals surface area contributed by atoms with Gasteiger partial charge in [0.15, 0.2) is 0 Å². The molecule has 5 nitrogen and oxygen atoms in total. The number of hydrogen-bond donors (Lipinski definition) is 3. The number of ether oxygens (including phenoxy) is 1. The van der Waals surface area contributed by atoms with Gasteiger partial charge in [0.2, 0.25) is 0 Å². The summed E-state index contributed by atoms with van der Waals surface area (Å²) in [5, 5.41) is 13.3. The summed E-state index contributed by atoms with van der Waals surface area (Å²) in [5.74, 6) is 0.502. The van der Waals surface area contributed by atoms with Crippen LogP contribution in [0.2, 0.25) is 0 Å². The molecule has 2 amide bonds. The summed E-state index contributed by atoms with van der Waals surface area (Å²) >= 11 is 0. The van der Waals surface area contributed by atoms with E-state index in [1.165, 1.54) is 0 Å². The Morgan fingerprint density at radius 1 is 1.24 bits per heavy atom. The maximum Gasteiger partial charge on any atom is 0.390 e. The second kappa shape index (κ2) is 8.35. The molecule has 1 aromatic rings. The van der Waals surface area contributed by atoms with E-state index < -0.39 is 25.2 Å². The number of carbonyl (C=O) groups is 1. The molecular weight excluding hydrogens is 289 g/mol. The molecule has 0 aliphatic rings. The molecule has 1 rings (SSSR count). The largest absolute Gasteiger partial charge is 0.491 e. The van der Waals surface area contributed by atoms with E-state index in [-0.39, 0.29) is 19.8 Å². The maximum absolute atomic E-state index is 11.9. The number of para-hydroxylation sites is 1. The third-order valence-corrected chi connectivity index (χ3v) is 2.45. The summed E-state index contributed by atoms with van der Waals surface area (Å²) in [6.07, 6.45) is -5.37. The van der Waals surface area contributed by atoms with Crippen molar-refractivity contribution in [3.63, 3.8) is 0 Å². The molecule has 0 saturated carbocycles. The molecule has 0 fully saturated rings. The molecule has 0 atom stereocenters. The number of amides is 2. The second-order valence-electron chi connectivity index (χ2n) is 4.15. The number of benzene rings is 1. The molecule has 0 bridgehead atoms. The Kier molecular flexibility index (Phi) is 6.80. The van der Waals surface area contributed by atoms with Gasteiger partial charge in [0, 0.05) is 18.7 Å². The van der Waals surface area contributed by atoms with E-state index in [0.29, 0.717) is 11.3 Å². The molecule has 21 heavy (non-hydrogen) atoms. The maximum atomic E-state index is 11.9. The van der Waals surface area contributed by atoms with Crippen LogP contribution in [-0.2, 0) is 6.54 Å². The van der Waals surface area contributed by atoms with E-state index in [0.717, 1.165) is 0 Å². The van der Waals surface area contributed by atoms with E-state index in [1.807, 2.05) is 0 Å². The van der Waals surface area contributed by atoms with Crippen molar-refractivity contribution in [1.82, 2.24) is 10.6 Å². The summed E-state index contributed by atoms with van der Waals surface area (Å²) < 4.78 is 41.0. The van der Waals surface area contributed by atoms with Crippen LogP contribution < -0.4 is 15.4 Å². The fourth-order valence-electron chi connectivity index (χ4n) is 1.50. The molecule has 0 unspecified atom stereocenters. The number of alkyl halides is 3. The van der Waals surface area contributed by atoms with E-state index in [2.05, 4.69) is 10.6 Å². The molecule has 0 heterocycles. The summed E-state index contributed by atoms with van der Waals surface area (Å²) in [4.78, 5) is 11.4. The summed E-state index contributed by atoms with van der Waals surface area (Å²) in [6, 6.07) is 6.18. The van der Waals surface area contributed by atoms with Gasteiger partial charge in [-0.25, -0.2) is 4.79 Å². The minimum absolute atomic E-state index is 0.111. The normalized spacial score (nSPS) is 11.0. The number of aliphatic hydroxyl groups is 1. The van der Waals surface area contributed by atoms with Crippen LogP contribution in [0.25, 0.3) is 0 Å². The van der Waals surface area contributed by atoms with Crippen molar-refractivity contribution < 1.29 is 27.8 Å². The Hall–Kier alpha value is -1.96. The highest BCUT2D eigenvalue weighted by atomic mass is 19.4. The zero-order valence-corrected chi connectivity index (χ0v) is 11.2. The van der Waals surface area contributed by atoms with Gasteiger partial charge in [-0.2, -0.15) is 13.2 Å². The van der Waals surface area contributed by atoms with Crippen LogP contribution in [0, 0.1) is 0 Å². The van der Waals surface area contributed by atoms with Crippen molar-refractivity contribution in [2.45, 2.75) is 19.1 Å². The second-order valence-corrected chi connectivity index (χ2v) is 4.15. The fraction of sp³-hybridized carbons (Fsp3) is 0.462. The van der Waals surface area contributed by atoms with Gasteiger partial charge >= 0.3 is 12.2 Å². The summed E-state index contributed by atoms with van der Waals surface area (Å²) in [5.41, 5.74) is 0.664. The number of hydrogen-bond acceptors (Lipinski definition) is 3. The van der Waals surface area contributed by atoms with Gasteiger partial charge in [-0.05, 0) is 6.07 Å². The van der Waals surface area contributed by atoms with Gasteiger partial charge < -0.3 is 20.5 Å². The summed E-state index contributed by atoms with van der Waals surface area (Å²) in [7, 11) is 0. The minimum atomic E-state index is -4.29. The number of nitrogens with one attached hydrogen (secondary N) is 2. The molecule has 0 saturated heterocycles. The van der Waals surface area contributed by atoms with Crippen molar-refractivity contribution >= 4 is 6.03 Å². The van der Waals surface area contributed by atoms with Crippen molar-refractivity contribution in [1.29, 1.82) is 0 Å². The molecule has 1 aromatic carbocycles. The number of halogens is 3. The first-order valence-electron chi connectivity index (χ1n) is 6.32. The quantitative estimate of drug-likeness (QED) is 0.719. The van der Waals surface area contributed by atoms with Crippen molar-refractivity contribution in [3.8, 4) is 5.75 Å². The molecule has 0 radical (unpaired) electrons. The van der Waals surface area contributed by atoms with E-state index in [4.69, 9.17) is 9.84 Å². The van der Waals surface area contributed by atoms with Gasteiger partial charge in [0.25, 0.3) is 0 Å². The predicted molar refractivity (Wildman–Crippen MR) is 69.9 cm³/mol. The number of carbonyl (C=O) groups excluding carboxylic acids is 1. The third kappa shape index (κ3) is 7.40. The van der Waals surface area contributed by atoms with E-state index in [9.17, 15) is 18.0 Å². The molecule has 8 heteroatoms. The number of rotatable bonds is 7. The topological polar surface area (TPSA) is 70.6 Å². The first-order chi connectivity index (χ1) is 9.92. The Bertz CT molecular complexity index is 453.